The maximum atomic E-state index is 13.2. The molecule has 7 heteroatoms. The van der Waals surface area contributed by atoms with Crippen LogP contribution in [-0.2, 0) is 10.0 Å². The predicted molar refractivity (Wildman–Crippen MR) is 111 cm³/mol. The van der Waals surface area contributed by atoms with Gasteiger partial charge in [-0.3, -0.25) is 4.31 Å². The van der Waals surface area contributed by atoms with Gasteiger partial charge < -0.3 is 14.2 Å². The van der Waals surface area contributed by atoms with Crippen molar-refractivity contribution in [1.29, 1.82) is 0 Å². The van der Waals surface area contributed by atoms with Crippen molar-refractivity contribution in [3.05, 3.63) is 72.8 Å². The molecular weight excluding hydrogens is 390 g/mol. The number of para-hydroxylation sites is 1. The third-order valence-corrected chi connectivity index (χ3v) is 6.39. The zero-order valence-corrected chi connectivity index (χ0v) is 16.8. The standard InChI is InChI=1S/C22H21NO5S/c1-2-23(17-8-10-19(11-9-17)28-18-6-4-3-5-7-18)29(24,25)20-12-13-21-22(16-20)27-15-14-26-21/h3-13,16H,2,14-15H2,1H3. The van der Waals surface area contributed by atoms with E-state index in [2.05, 4.69) is 0 Å². The molecule has 1 aliphatic rings. The van der Waals surface area contributed by atoms with E-state index in [1.54, 1.807) is 43.3 Å². The number of fused-ring (bicyclic) bond motifs is 1. The zero-order chi connectivity index (χ0) is 20.3. The van der Waals surface area contributed by atoms with Crippen molar-refractivity contribution in [2.24, 2.45) is 0 Å². The van der Waals surface area contributed by atoms with Crippen molar-refractivity contribution < 1.29 is 22.6 Å². The van der Waals surface area contributed by atoms with E-state index in [-0.39, 0.29) is 11.4 Å². The highest BCUT2D eigenvalue weighted by Gasteiger charge is 2.26. The summed E-state index contributed by atoms with van der Waals surface area (Å²) in [7, 11) is -3.75. The van der Waals surface area contributed by atoms with Gasteiger partial charge in [0.15, 0.2) is 11.5 Å². The summed E-state index contributed by atoms with van der Waals surface area (Å²) in [5, 5.41) is 0. The quantitative estimate of drug-likeness (QED) is 0.599. The van der Waals surface area contributed by atoms with E-state index in [1.165, 1.54) is 10.4 Å². The molecule has 0 aliphatic carbocycles. The highest BCUT2D eigenvalue weighted by Crippen LogP contribution is 2.34. The van der Waals surface area contributed by atoms with E-state index < -0.39 is 10.0 Å². The molecule has 1 aliphatic heterocycles. The summed E-state index contributed by atoms with van der Waals surface area (Å²) in [6, 6.07) is 21.1. The highest BCUT2D eigenvalue weighted by atomic mass is 32.2. The number of anilines is 1. The van der Waals surface area contributed by atoms with Gasteiger partial charge in [0.2, 0.25) is 0 Å². The second-order valence-electron chi connectivity index (χ2n) is 6.38. The number of benzene rings is 3. The fraction of sp³-hybridized carbons (Fsp3) is 0.182. The average Bonchev–Trinajstić information content (AvgIpc) is 2.75. The molecule has 0 bridgehead atoms. The van der Waals surface area contributed by atoms with E-state index in [4.69, 9.17) is 14.2 Å². The highest BCUT2D eigenvalue weighted by molar-refractivity contribution is 7.92. The van der Waals surface area contributed by atoms with Crippen LogP contribution in [0, 0.1) is 0 Å². The Morgan fingerprint density at radius 1 is 0.862 bits per heavy atom. The van der Waals surface area contributed by atoms with Crippen LogP contribution in [0.1, 0.15) is 6.92 Å². The fourth-order valence-electron chi connectivity index (χ4n) is 3.11. The number of nitrogens with zero attached hydrogens (tertiary/aromatic N) is 1. The Hall–Kier alpha value is -3.19. The van der Waals surface area contributed by atoms with Crippen LogP contribution >= 0.6 is 0 Å². The van der Waals surface area contributed by atoms with E-state index in [1.807, 2.05) is 30.3 Å². The van der Waals surface area contributed by atoms with Crippen molar-refractivity contribution in [3.63, 3.8) is 0 Å². The molecule has 4 rings (SSSR count). The Balaban J connectivity index is 1.59. The molecule has 0 radical (unpaired) electrons. The second-order valence-corrected chi connectivity index (χ2v) is 8.25. The zero-order valence-electron chi connectivity index (χ0n) is 15.9. The van der Waals surface area contributed by atoms with Crippen molar-refractivity contribution in [3.8, 4) is 23.0 Å². The van der Waals surface area contributed by atoms with Crippen molar-refractivity contribution in [2.75, 3.05) is 24.1 Å². The molecule has 0 unspecified atom stereocenters. The van der Waals surface area contributed by atoms with Crippen LogP contribution in [0.2, 0.25) is 0 Å². The summed E-state index contributed by atoms with van der Waals surface area (Å²) in [5.74, 6) is 2.35. The Morgan fingerprint density at radius 2 is 1.52 bits per heavy atom. The molecule has 0 saturated heterocycles. The van der Waals surface area contributed by atoms with Crippen LogP contribution in [0.4, 0.5) is 5.69 Å². The van der Waals surface area contributed by atoms with Crippen molar-refractivity contribution in [2.45, 2.75) is 11.8 Å². The molecule has 0 atom stereocenters. The third-order valence-electron chi connectivity index (χ3n) is 4.49. The minimum absolute atomic E-state index is 0.160. The maximum Gasteiger partial charge on any atom is 0.264 e. The van der Waals surface area contributed by atoms with Gasteiger partial charge in [-0.2, -0.15) is 0 Å². The first-order valence-corrected chi connectivity index (χ1v) is 10.8. The normalized spacial score (nSPS) is 13.0. The molecular formula is C22H21NO5S. The van der Waals surface area contributed by atoms with Gasteiger partial charge in [-0.25, -0.2) is 8.42 Å². The summed E-state index contributed by atoms with van der Waals surface area (Å²) in [6.45, 7) is 2.94. The summed E-state index contributed by atoms with van der Waals surface area (Å²) >= 11 is 0. The molecule has 1 heterocycles. The Labute approximate surface area is 170 Å². The first-order valence-electron chi connectivity index (χ1n) is 9.33. The molecule has 0 amide bonds. The first-order chi connectivity index (χ1) is 14.1. The Morgan fingerprint density at radius 3 is 2.21 bits per heavy atom. The molecule has 6 nitrogen and oxygen atoms in total. The largest absolute Gasteiger partial charge is 0.486 e. The van der Waals surface area contributed by atoms with Crippen molar-refractivity contribution >= 4 is 15.7 Å². The van der Waals surface area contributed by atoms with E-state index >= 15 is 0 Å². The minimum Gasteiger partial charge on any atom is -0.486 e. The second kappa shape index (κ2) is 8.05. The van der Waals surface area contributed by atoms with Gasteiger partial charge in [-0.1, -0.05) is 18.2 Å². The lowest BCUT2D eigenvalue weighted by Gasteiger charge is -2.24. The number of sulfonamides is 1. The summed E-state index contributed by atoms with van der Waals surface area (Å²) in [5.41, 5.74) is 0.558. The maximum absolute atomic E-state index is 13.2. The van der Waals surface area contributed by atoms with Crippen LogP contribution in [0.3, 0.4) is 0 Å². The molecule has 0 saturated carbocycles. The number of rotatable bonds is 6. The van der Waals surface area contributed by atoms with Crippen LogP contribution in [0.5, 0.6) is 23.0 Å². The smallest absolute Gasteiger partial charge is 0.264 e. The molecule has 0 spiro atoms. The summed E-state index contributed by atoms with van der Waals surface area (Å²) < 4.78 is 44.6. The van der Waals surface area contributed by atoms with E-state index in [0.29, 0.717) is 36.1 Å². The lowest BCUT2D eigenvalue weighted by atomic mass is 10.3. The number of ether oxygens (including phenoxy) is 3. The summed E-state index contributed by atoms with van der Waals surface area (Å²) in [4.78, 5) is 0.160. The molecule has 3 aromatic rings. The van der Waals surface area contributed by atoms with E-state index in [9.17, 15) is 8.42 Å². The summed E-state index contributed by atoms with van der Waals surface area (Å²) in [6.07, 6.45) is 0. The van der Waals surface area contributed by atoms with Crippen LogP contribution in [-0.4, -0.2) is 28.2 Å². The van der Waals surface area contributed by atoms with Crippen LogP contribution in [0.25, 0.3) is 0 Å². The number of hydrogen-bond acceptors (Lipinski definition) is 5. The third kappa shape index (κ3) is 4.00. The first kappa shape index (κ1) is 19.1. The van der Waals surface area contributed by atoms with Gasteiger partial charge in [-0.05, 0) is 55.5 Å². The molecule has 0 N–H and O–H groups in total. The lowest BCUT2D eigenvalue weighted by Crippen LogP contribution is -2.30. The molecule has 0 aromatic heterocycles. The SMILES string of the molecule is CCN(c1ccc(Oc2ccccc2)cc1)S(=O)(=O)c1ccc2c(c1)OCCO2. The van der Waals surface area contributed by atoms with E-state index in [0.717, 1.165) is 5.75 Å². The average molecular weight is 411 g/mol. The molecule has 29 heavy (non-hydrogen) atoms. The van der Waals surface area contributed by atoms with Gasteiger partial charge in [0, 0.05) is 12.6 Å². The van der Waals surface area contributed by atoms with Gasteiger partial charge >= 0.3 is 0 Å². The van der Waals surface area contributed by atoms with Gasteiger partial charge in [-0.15, -0.1) is 0 Å². The van der Waals surface area contributed by atoms with Crippen LogP contribution < -0.4 is 18.5 Å². The van der Waals surface area contributed by atoms with Gasteiger partial charge in [0.1, 0.15) is 24.7 Å². The minimum atomic E-state index is -3.75. The molecule has 3 aromatic carbocycles. The molecule has 0 fully saturated rings. The van der Waals surface area contributed by atoms with Gasteiger partial charge in [0.05, 0.1) is 10.6 Å². The lowest BCUT2D eigenvalue weighted by molar-refractivity contribution is 0.171. The Kier molecular flexibility index (Phi) is 5.31. The fourth-order valence-corrected chi connectivity index (χ4v) is 4.60. The topological polar surface area (TPSA) is 65.1 Å². The monoisotopic (exact) mass is 411 g/mol. The van der Waals surface area contributed by atoms with Crippen LogP contribution in [0.15, 0.2) is 77.7 Å². The van der Waals surface area contributed by atoms with Crippen molar-refractivity contribution in [1.82, 2.24) is 0 Å². The van der Waals surface area contributed by atoms with Gasteiger partial charge in [0.25, 0.3) is 10.0 Å². The number of hydrogen-bond donors (Lipinski definition) is 0. The molecule has 150 valence electrons. The predicted octanol–water partition coefficient (Wildman–Crippen LogP) is 4.47. The Bertz CT molecular complexity index is 1080.